The van der Waals surface area contributed by atoms with E-state index in [2.05, 4.69) is 25.9 Å². The average molecular weight is 689 g/mol. The molecule has 2 aliphatic rings. The lowest BCUT2D eigenvalue weighted by atomic mass is 9.85. The van der Waals surface area contributed by atoms with Gasteiger partial charge in [-0.1, -0.05) is 97.1 Å². The topological polar surface area (TPSA) is 125 Å². The number of aliphatic imine (C=N–C) groups is 1. The Morgan fingerprint density at radius 1 is 0.558 bits per heavy atom. The predicted molar refractivity (Wildman–Crippen MR) is 203 cm³/mol. The lowest BCUT2D eigenvalue weighted by molar-refractivity contribution is -0.125. The van der Waals surface area contributed by atoms with Gasteiger partial charge < -0.3 is 16.0 Å². The maximum atomic E-state index is 13.7. The zero-order valence-electron chi connectivity index (χ0n) is 28.9. The van der Waals surface area contributed by atoms with Gasteiger partial charge >= 0.3 is 0 Å². The van der Waals surface area contributed by atoms with E-state index in [9.17, 15) is 14.4 Å². The van der Waals surface area contributed by atoms with Crippen molar-refractivity contribution in [3.63, 3.8) is 0 Å². The van der Waals surface area contributed by atoms with Crippen molar-refractivity contribution in [2.75, 3.05) is 0 Å². The van der Waals surface area contributed by atoms with Crippen LogP contribution in [-0.2, 0) is 4.79 Å². The summed E-state index contributed by atoms with van der Waals surface area (Å²) in [7, 11) is 0. The molecule has 1 fully saturated rings. The van der Waals surface area contributed by atoms with Crippen LogP contribution in [0.5, 0.6) is 0 Å². The second-order valence-corrected chi connectivity index (χ2v) is 13.4. The predicted octanol–water partition coefficient (Wildman–Crippen LogP) is 6.44. The number of benzene rings is 3. The highest BCUT2D eigenvalue weighted by Crippen LogP contribution is 2.24. The number of rotatable bonds is 9. The summed E-state index contributed by atoms with van der Waals surface area (Å²) in [6, 6.07) is 35.5. The largest absolute Gasteiger partial charge is 0.353 e. The third-order valence-electron chi connectivity index (χ3n) is 9.61. The number of hydrogen-bond donors (Lipinski definition) is 3. The summed E-state index contributed by atoms with van der Waals surface area (Å²) in [5, 5.41) is 9.52. The van der Waals surface area contributed by atoms with Crippen LogP contribution >= 0.6 is 0 Å². The van der Waals surface area contributed by atoms with Gasteiger partial charge in [-0.3, -0.25) is 29.3 Å². The first kappa shape index (κ1) is 34.2. The molecule has 0 spiro atoms. The number of aromatic nitrogens is 2. The molecule has 4 unspecified atom stereocenters. The number of hydrogen-bond acceptors (Lipinski definition) is 6. The first-order valence-corrected chi connectivity index (χ1v) is 17.7. The highest BCUT2D eigenvalue weighted by molar-refractivity contribution is 6.10. The molecule has 0 bridgehead atoms. The molecule has 1 aliphatic carbocycles. The molecular weight excluding hydrogens is 649 g/mol. The molecule has 1 aliphatic heterocycles. The summed E-state index contributed by atoms with van der Waals surface area (Å²) in [5.74, 6) is -1.11. The van der Waals surface area contributed by atoms with Gasteiger partial charge in [0.05, 0.1) is 40.2 Å². The molecule has 9 nitrogen and oxygen atoms in total. The second kappa shape index (κ2) is 15.8. The molecule has 260 valence electrons. The molecule has 1 saturated carbocycles. The molecule has 3 N–H and O–H groups in total. The van der Waals surface area contributed by atoms with Crippen LogP contribution in [0, 0.1) is 5.92 Å². The summed E-state index contributed by atoms with van der Waals surface area (Å²) in [6.07, 6.45) is 8.49. The standard InChI is InChI=1S/C43H40N6O3/c1-28-37(19-22-40(46-28)31-15-9-4-10-16-31)43(52)49-36-24-34(47-41(50)32-17-20-38(44-26-32)29-11-5-2-6-12-29)23-35(25-36)48-42(51)33-18-21-39(45-27-33)30-13-7-3-8-14-30/h2-22,26-28,34-37H,23-25H2,1H3,(H,47,50)(H,48,51)(H,49,52). The Bertz CT molecular complexity index is 1960. The van der Waals surface area contributed by atoms with Crippen LogP contribution in [0.4, 0.5) is 0 Å². The van der Waals surface area contributed by atoms with Crippen molar-refractivity contribution in [2.45, 2.75) is 50.4 Å². The normalized spacial score (nSPS) is 21.0. The average Bonchev–Trinajstić information content (AvgIpc) is 3.19. The number of carbonyl (C=O) groups excluding carboxylic acids is 3. The molecular formula is C43H40N6O3. The molecule has 3 aromatic carbocycles. The highest BCUT2D eigenvalue weighted by Gasteiger charge is 2.34. The van der Waals surface area contributed by atoms with E-state index in [4.69, 9.17) is 4.99 Å². The van der Waals surface area contributed by atoms with Crippen molar-refractivity contribution in [1.29, 1.82) is 0 Å². The minimum atomic E-state index is -0.445. The van der Waals surface area contributed by atoms with Crippen LogP contribution in [0.25, 0.3) is 22.5 Å². The van der Waals surface area contributed by atoms with E-state index < -0.39 is 5.92 Å². The van der Waals surface area contributed by atoms with Crippen LogP contribution < -0.4 is 16.0 Å². The number of nitrogens with zero attached hydrogens (tertiary/aromatic N) is 3. The Morgan fingerprint density at radius 3 is 1.42 bits per heavy atom. The second-order valence-electron chi connectivity index (χ2n) is 13.4. The van der Waals surface area contributed by atoms with Crippen molar-refractivity contribution in [1.82, 2.24) is 25.9 Å². The third kappa shape index (κ3) is 8.21. The van der Waals surface area contributed by atoms with Crippen LogP contribution in [0.1, 0.15) is 52.5 Å². The number of allylic oxidation sites excluding steroid dienone is 1. The highest BCUT2D eigenvalue weighted by atomic mass is 16.2. The summed E-state index contributed by atoms with van der Waals surface area (Å²) in [4.78, 5) is 54.5. The molecule has 5 aromatic rings. The first-order chi connectivity index (χ1) is 25.4. The third-order valence-corrected chi connectivity index (χ3v) is 9.61. The van der Waals surface area contributed by atoms with E-state index >= 15 is 0 Å². The first-order valence-electron chi connectivity index (χ1n) is 17.7. The summed E-state index contributed by atoms with van der Waals surface area (Å²) < 4.78 is 0. The Hall–Kier alpha value is -6.22. The van der Waals surface area contributed by atoms with Gasteiger partial charge in [-0.05, 0) is 62.1 Å². The van der Waals surface area contributed by atoms with Crippen LogP contribution in [0.2, 0.25) is 0 Å². The lowest BCUT2D eigenvalue weighted by Gasteiger charge is -2.37. The van der Waals surface area contributed by atoms with Gasteiger partial charge in [-0.2, -0.15) is 0 Å². The van der Waals surface area contributed by atoms with Gasteiger partial charge in [0.15, 0.2) is 0 Å². The summed E-state index contributed by atoms with van der Waals surface area (Å²) in [6.45, 7) is 1.94. The molecule has 0 saturated heterocycles. The minimum Gasteiger partial charge on any atom is -0.353 e. The van der Waals surface area contributed by atoms with Crippen molar-refractivity contribution in [3.8, 4) is 22.5 Å². The van der Waals surface area contributed by atoms with Crippen molar-refractivity contribution < 1.29 is 14.4 Å². The molecule has 9 heteroatoms. The van der Waals surface area contributed by atoms with E-state index in [0.29, 0.717) is 30.4 Å². The molecule has 4 atom stereocenters. The number of dihydropyridines is 1. The van der Waals surface area contributed by atoms with E-state index in [1.165, 1.54) is 0 Å². The maximum absolute atomic E-state index is 13.7. The molecule has 3 heterocycles. The van der Waals surface area contributed by atoms with Crippen molar-refractivity contribution >= 4 is 23.4 Å². The van der Waals surface area contributed by atoms with Gasteiger partial charge in [-0.25, -0.2) is 0 Å². The van der Waals surface area contributed by atoms with Crippen molar-refractivity contribution in [2.24, 2.45) is 10.9 Å². The number of nitrogens with one attached hydrogen (secondary N) is 3. The van der Waals surface area contributed by atoms with E-state index in [0.717, 1.165) is 33.8 Å². The Labute approximate surface area is 303 Å². The number of pyridine rings is 2. The van der Waals surface area contributed by atoms with Crippen LogP contribution in [0.15, 0.2) is 145 Å². The van der Waals surface area contributed by atoms with Gasteiger partial charge in [0.1, 0.15) is 0 Å². The summed E-state index contributed by atoms with van der Waals surface area (Å²) in [5.41, 5.74) is 6.20. The molecule has 3 amide bonds. The lowest BCUT2D eigenvalue weighted by Crippen LogP contribution is -2.54. The van der Waals surface area contributed by atoms with Crippen LogP contribution in [-0.4, -0.2) is 57.6 Å². The molecule has 0 radical (unpaired) electrons. The Balaban J connectivity index is 1.04. The monoisotopic (exact) mass is 688 g/mol. The van der Waals surface area contributed by atoms with Crippen LogP contribution in [0.3, 0.4) is 0 Å². The van der Waals surface area contributed by atoms with E-state index in [-0.39, 0.29) is 41.9 Å². The number of amides is 3. The maximum Gasteiger partial charge on any atom is 0.253 e. The quantitative estimate of drug-likeness (QED) is 0.164. The smallest absolute Gasteiger partial charge is 0.253 e. The fourth-order valence-electron chi connectivity index (χ4n) is 6.91. The fourth-order valence-corrected chi connectivity index (χ4v) is 6.91. The van der Waals surface area contributed by atoms with Gasteiger partial charge in [0.25, 0.3) is 11.8 Å². The zero-order valence-corrected chi connectivity index (χ0v) is 28.9. The number of carbonyl (C=O) groups is 3. The summed E-state index contributed by atoms with van der Waals surface area (Å²) >= 11 is 0. The minimum absolute atomic E-state index is 0.136. The van der Waals surface area contributed by atoms with Gasteiger partial charge in [-0.15, -0.1) is 0 Å². The molecule has 7 rings (SSSR count). The van der Waals surface area contributed by atoms with E-state index in [1.807, 2.05) is 122 Å². The van der Waals surface area contributed by atoms with Crippen molar-refractivity contribution in [3.05, 3.63) is 156 Å². The fraction of sp³-hybridized carbons (Fsp3) is 0.209. The Kier molecular flexibility index (Phi) is 10.4. The Morgan fingerprint density at radius 2 is 1.00 bits per heavy atom. The SMILES string of the molecule is CC1N=C(c2ccccc2)C=CC1C(=O)NC1CC(NC(=O)c2ccc(-c3ccccc3)nc2)CC(NC(=O)c2ccc(-c3ccccc3)nc2)C1. The molecule has 2 aromatic heterocycles. The van der Waals surface area contributed by atoms with Gasteiger partial charge in [0.2, 0.25) is 5.91 Å². The van der Waals surface area contributed by atoms with Gasteiger partial charge in [0, 0.05) is 41.6 Å². The zero-order chi connectivity index (χ0) is 35.9. The molecule has 52 heavy (non-hydrogen) atoms. The van der Waals surface area contributed by atoms with E-state index in [1.54, 1.807) is 24.5 Å².